The number of H-pyrrole nitrogens is 1. The number of benzene rings is 1. The highest BCUT2D eigenvalue weighted by atomic mass is 16.6. The van der Waals surface area contributed by atoms with E-state index in [1.54, 1.807) is 18.5 Å². The van der Waals surface area contributed by atoms with Gasteiger partial charge in [0.15, 0.2) is 0 Å². The Hall–Kier alpha value is -2.69. The zero-order valence-corrected chi connectivity index (χ0v) is 10.7. The van der Waals surface area contributed by atoms with Crippen molar-refractivity contribution in [1.29, 1.82) is 0 Å². The molecular weight excluding hydrogens is 254 g/mol. The molecule has 1 atom stereocenters. The summed E-state index contributed by atoms with van der Waals surface area (Å²) in [5, 5.41) is 12.0. The average molecular weight is 267 g/mol. The molecule has 20 heavy (non-hydrogen) atoms. The van der Waals surface area contributed by atoms with Gasteiger partial charge in [-0.1, -0.05) is 24.3 Å². The van der Waals surface area contributed by atoms with Crippen LogP contribution in [-0.4, -0.2) is 21.4 Å². The van der Waals surface area contributed by atoms with Crippen LogP contribution in [0.1, 0.15) is 17.0 Å². The molecule has 2 aromatic heterocycles. The van der Waals surface area contributed by atoms with Gasteiger partial charge in [0.25, 0.3) is 0 Å². The topological polar surface area (TPSA) is 71.8 Å². The van der Waals surface area contributed by atoms with Crippen LogP contribution in [0.2, 0.25) is 0 Å². The third-order valence-electron chi connectivity index (χ3n) is 3.42. The van der Waals surface area contributed by atoms with Crippen LogP contribution in [0.4, 0.5) is 0 Å². The molecule has 0 saturated heterocycles. The smallest absolute Gasteiger partial charge is 0.214 e. The molecule has 0 aliphatic carbocycles. The van der Waals surface area contributed by atoms with Crippen molar-refractivity contribution >= 4 is 10.9 Å². The first-order chi connectivity index (χ1) is 9.75. The second kappa shape index (κ2) is 5.13. The average Bonchev–Trinajstić information content (AvgIpc) is 2.89. The summed E-state index contributed by atoms with van der Waals surface area (Å²) in [6.07, 6.45) is 5.21. The van der Waals surface area contributed by atoms with Crippen LogP contribution < -0.4 is 0 Å². The highest BCUT2D eigenvalue weighted by Gasteiger charge is 2.23. The lowest BCUT2D eigenvalue weighted by Crippen LogP contribution is -2.13. The number of fused-ring (bicyclic) bond motifs is 1. The number of aromatic nitrogens is 2. The van der Waals surface area contributed by atoms with E-state index in [0.717, 1.165) is 22.0 Å². The molecule has 1 N–H and O–H groups in total. The number of hydrogen-bond donors (Lipinski definition) is 1. The number of hydrogen-bond acceptors (Lipinski definition) is 3. The van der Waals surface area contributed by atoms with Crippen molar-refractivity contribution in [1.82, 2.24) is 9.97 Å². The first-order valence-electron chi connectivity index (χ1n) is 6.33. The van der Waals surface area contributed by atoms with Gasteiger partial charge < -0.3 is 4.98 Å². The number of para-hydroxylation sites is 1. The van der Waals surface area contributed by atoms with E-state index in [4.69, 9.17) is 0 Å². The van der Waals surface area contributed by atoms with Gasteiger partial charge in [-0.05, 0) is 23.3 Å². The van der Waals surface area contributed by atoms with E-state index < -0.39 is 0 Å². The molecule has 0 aliphatic heterocycles. The predicted molar refractivity (Wildman–Crippen MR) is 76.2 cm³/mol. The maximum absolute atomic E-state index is 11.0. The predicted octanol–water partition coefficient (Wildman–Crippen LogP) is 2.97. The Bertz CT molecular complexity index is 737. The fourth-order valence-electron chi connectivity index (χ4n) is 2.50. The van der Waals surface area contributed by atoms with Crippen molar-refractivity contribution in [3.8, 4) is 0 Å². The first kappa shape index (κ1) is 12.3. The van der Waals surface area contributed by atoms with Gasteiger partial charge >= 0.3 is 0 Å². The number of nitro groups is 1. The number of rotatable bonds is 4. The zero-order chi connectivity index (χ0) is 13.9. The Balaban J connectivity index is 2.12. The molecule has 5 heteroatoms. The summed E-state index contributed by atoms with van der Waals surface area (Å²) in [5.41, 5.74) is 2.78. The number of pyridine rings is 1. The molecule has 0 fully saturated rings. The summed E-state index contributed by atoms with van der Waals surface area (Å²) in [4.78, 5) is 17.9. The second-order valence-electron chi connectivity index (χ2n) is 4.64. The quantitative estimate of drug-likeness (QED) is 0.583. The second-order valence-corrected chi connectivity index (χ2v) is 4.64. The number of aromatic amines is 1. The fraction of sp³-hybridized carbons (Fsp3) is 0.133. The van der Waals surface area contributed by atoms with Crippen molar-refractivity contribution in [2.75, 3.05) is 6.54 Å². The van der Waals surface area contributed by atoms with Crippen LogP contribution in [0.15, 0.2) is 55.0 Å². The van der Waals surface area contributed by atoms with Crippen molar-refractivity contribution < 1.29 is 4.92 Å². The Morgan fingerprint density at radius 3 is 2.85 bits per heavy atom. The zero-order valence-electron chi connectivity index (χ0n) is 10.7. The maximum atomic E-state index is 11.0. The highest BCUT2D eigenvalue weighted by molar-refractivity contribution is 5.84. The minimum atomic E-state index is -0.296. The minimum absolute atomic E-state index is 0.145. The van der Waals surface area contributed by atoms with E-state index in [-0.39, 0.29) is 17.4 Å². The van der Waals surface area contributed by atoms with E-state index in [1.807, 2.05) is 36.5 Å². The van der Waals surface area contributed by atoms with E-state index in [2.05, 4.69) is 9.97 Å². The fourth-order valence-corrected chi connectivity index (χ4v) is 2.50. The van der Waals surface area contributed by atoms with Gasteiger partial charge in [0.05, 0.1) is 5.92 Å². The van der Waals surface area contributed by atoms with Crippen molar-refractivity contribution in [3.63, 3.8) is 0 Å². The molecule has 0 spiro atoms. The molecular formula is C15H13N3O2. The SMILES string of the molecule is O=[N+]([O-])CC(c1cccnc1)c1c[nH]c2ccccc12. The lowest BCUT2D eigenvalue weighted by Gasteiger charge is -2.12. The third-order valence-corrected chi connectivity index (χ3v) is 3.42. The van der Waals surface area contributed by atoms with Gasteiger partial charge in [0.2, 0.25) is 6.54 Å². The maximum Gasteiger partial charge on any atom is 0.214 e. The molecule has 1 aromatic carbocycles. The summed E-state index contributed by atoms with van der Waals surface area (Å²) in [6, 6.07) is 11.5. The molecule has 0 radical (unpaired) electrons. The summed E-state index contributed by atoms with van der Waals surface area (Å²) >= 11 is 0. The monoisotopic (exact) mass is 267 g/mol. The van der Waals surface area contributed by atoms with Crippen LogP contribution in [-0.2, 0) is 0 Å². The molecule has 0 aliphatic rings. The number of nitrogens with zero attached hydrogens (tertiary/aromatic N) is 2. The van der Waals surface area contributed by atoms with Crippen LogP contribution in [0.3, 0.4) is 0 Å². The lowest BCUT2D eigenvalue weighted by molar-refractivity contribution is -0.481. The van der Waals surface area contributed by atoms with Gasteiger partial charge in [-0.3, -0.25) is 15.1 Å². The molecule has 0 bridgehead atoms. The molecule has 0 saturated carbocycles. The third kappa shape index (κ3) is 2.25. The molecule has 3 rings (SSSR count). The Morgan fingerprint density at radius 1 is 1.25 bits per heavy atom. The van der Waals surface area contributed by atoms with Gasteiger partial charge in [0, 0.05) is 34.4 Å². The highest BCUT2D eigenvalue weighted by Crippen LogP contribution is 2.30. The Labute approximate surface area is 115 Å². The standard InChI is InChI=1S/C15H13N3O2/c19-18(20)10-14(11-4-3-7-16-8-11)13-9-17-15-6-2-1-5-12(13)15/h1-9,14,17H,10H2. The lowest BCUT2D eigenvalue weighted by atomic mass is 9.92. The van der Waals surface area contributed by atoms with Gasteiger partial charge in [-0.15, -0.1) is 0 Å². The normalized spacial score (nSPS) is 12.4. The molecule has 1 unspecified atom stereocenters. The van der Waals surface area contributed by atoms with E-state index in [0.29, 0.717) is 0 Å². The minimum Gasteiger partial charge on any atom is -0.361 e. The summed E-state index contributed by atoms with van der Waals surface area (Å²) < 4.78 is 0. The van der Waals surface area contributed by atoms with Crippen LogP contribution in [0, 0.1) is 10.1 Å². The molecule has 3 aromatic rings. The van der Waals surface area contributed by atoms with Gasteiger partial charge in [0.1, 0.15) is 0 Å². The summed E-state index contributed by atoms with van der Waals surface area (Å²) in [6.45, 7) is -0.145. The van der Waals surface area contributed by atoms with Crippen molar-refractivity contribution in [3.05, 3.63) is 76.2 Å². The van der Waals surface area contributed by atoms with Crippen LogP contribution in [0.5, 0.6) is 0 Å². The molecule has 5 nitrogen and oxygen atoms in total. The van der Waals surface area contributed by atoms with Gasteiger partial charge in [-0.25, -0.2) is 0 Å². The Morgan fingerprint density at radius 2 is 2.10 bits per heavy atom. The van der Waals surface area contributed by atoms with Gasteiger partial charge in [-0.2, -0.15) is 0 Å². The first-order valence-corrected chi connectivity index (χ1v) is 6.33. The summed E-state index contributed by atoms with van der Waals surface area (Å²) in [5.74, 6) is -0.296. The summed E-state index contributed by atoms with van der Waals surface area (Å²) in [7, 11) is 0. The molecule has 2 heterocycles. The van der Waals surface area contributed by atoms with E-state index in [1.165, 1.54) is 0 Å². The van der Waals surface area contributed by atoms with Crippen LogP contribution >= 0.6 is 0 Å². The van der Waals surface area contributed by atoms with Crippen LogP contribution in [0.25, 0.3) is 10.9 Å². The van der Waals surface area contributed by atoms with E-state index >= 15 is 0 Å². The number of nitrogens with one attached hydrogen (secondary N) is 1. The Kier molecular flexibility index (Phi) is 3.16. The van der Waals surface area contributed by atoms with Crippen molar-refractivity contribution in [2.45, 2.75) is 5.92 Å². The van der Waals surface area contributed by atoms with Crippen molar-refractivity contribution in [2.24, 2.45) is 0 Å². The molecule has 100 valence electrons. The largest absolute Gasteiger partial charge is 0.361 e. The molecule has 0 amide bonds. The van der Waals surface area contributed by atoms with E-state index in [9.17, 15) is 10.1 Å².